The quantitative estimate of drug-likeness (QED) is 0.516. The number of rotatable bonds is 6. The number of nitrogens with one attached hydrogen (secondary N) is 1. The first kappa shape index (κ1) is 23.6. The molecule has 1 N–H and O–H groups in total. The normalized spacial score (nSPS) is 25.0. The molecule has 3 aromatic heterocycles. The van der Waals surface area contributed by atoms with Crippen molar-refractivity contribution in [2.24, 2.45) is 17.3 Å². The number of carbonyl (C=O) groups excluding carboxylic acids is 2. The third-order valence-corrected chi connectivity index (χ3v) is 9.30. The monoisotopic (exact) mass is 507 g/mol. The highest BCUT2D eigenvalue weighted by molar-refractivity contribution is 7.19. The smallest absolute Gasteiger partial charge is 0.234 e. The predicted octanol–water partition coefficient (Wildman–Crippen LogP) is 3.27. The maximum Gasteiger partial charge on any atom is 0.234 e. The zero-order valence-corrected chi connectivity index (χ0v) is 22.3. The molecule has 3 atom stereocenters. The van der Waals surface area contributed by atoms with Crippen LogP contribution < -0.4 is 10.2 Å². The molecule has 3 aliphatic rings. The van der Waals surface area contributed by atoms with Crippen molar-refractivity contribution < 1.29 is 14.3 Å². The van der Waals surface area contributed by atoms with Gasteiger partial charge in [0.05, 0.1) is 59.2 Å². The van der Waals surface area contributed by atoms with E-state index in [4.69, 9.17) is 4.74 Å². The second kappa shape index (κ2) is 8.39. The van der Waals surface area contributed by atoms with Gasteiger partial charge in [0.2, 0.25) is 11.8 Å². The highest BCUT2D eigenvalue weighted by atomic mass is 32.1. The maximum atomic E-state index is 12.9. The van der Waals surface area contributed by atoms with Crippen LogP contribution in [0.25, 0.3) is 21.5 Å². The van der Waals surface area contributed by atoms with Crippen LogP contribution in [0.5, 0.6) is 0 Å². The molecular formula is C27H33N5O3S. The number of fused-ring (bicyclic) bond motifs is 2. The summed E-state index contributed by atoms with van der Waals surface area (Å²) in [5.74, 6) is -0.357. The highest BCUT2D eigenvalue weighted by Crippen LogP contribution is 2.63. The molecule has 3 aromatic rings. The minimum absolute atomic E-state index is 0.0261. The van der Waals surface area contributed by atoms with Gasteiger partial charge in [0.15, 0.2) is 0 Å². The van der Waals surface area contributed by atoms with Gasteiger partial charge in [-0.25, -0.2) is 0 Å². The molecule has 8 nitrogen and oxygen atoms in total. The van der Waals surface area contributed by atoms with Crippen LogP contribution in [0, 0.1) is 24.2 Å². The predicted molar refractivity (Wildman–Crippen MR) is 141 cm³/mol. The summed E-state index contributed by atoms with van der Waals surface area (Å²) in [7, 11) is 4.13. The molecule has 9 heteroatoms. The number of imide groups is 1. The van der Waals surface area contributed by atoms with Crippen molar-refractivity contribution >= 4 is 39.1 Å². The van der Waals surface area contributed by atoms with E-state index in [0.717, 1.165) is 52.6 Å². The number of amides is 2. The summed E-state index contributed by atoms with van der Waals surface area (Å²) in [6.45, 7) is 9.72. The van der Waals surface area contributed by atoms with Gasteiger partial charge in [0, 0.05) is 49.5 Å². The van der Waals surface area contributed by atoms with Crippen LogP contribution in [0.4, 0.5) is 5.69 Å². The molecule has 2 aliphatic heterocycles. The first-order valence-electron chi connectivity index (χ1n) is 12.6. The van der Waals surface area contributed by atoms with Crippen LogP contribution >= 0.6 is 11.3 Å². The van der Waals surface area contributed by atoms with E-state index in [1.807, 2.05) is 26.1 Å². The summed E-state index contributed by atoms with van der Waals surface area (Å²) in [5.41, 5.74) is 5.31. The van der Waals surface area contributed by atoms with Crippen molar-refractivity contribution in [3.05, 3.63) is 35.0 Å². The van der Waals surface area contributed by atoms with Gasteiger partial charge in [-0.3, -0.25) is 19.5 Å². The molecule has 1 saturated carbocycles. The molecule has 0 spiro atoms. The van der Waals surface area contributed by atoms with E-state index in [0.29, 0.717) is 6.54 Å². The van der Waals surface area contributed by atoms with Gasteiger partial charge < -0.3 is 19.5 Å². The van der Waals surface area contributed by atoms with Gasteiger partial charge in [-0.1, -0.05) is 13.8 Å². The van der Waals surface area contributed by atoms with Crippen molar-refractivity contribution in [1.29, 1.82) is 0 Å². The van der Waals surface area contributed by atoms with Crippen molar-refractivity contribution in [3.63, 3.8) is 0 Å². The van der Waals surface area contributed by atoms with Crippen LogP contribution in [0.1, 0.15) is 24.4 Å². The van der Waals surface area contributed by atoms with Gasteiger partial charge >= 0.3 is 0 Å². The first-order chi connectivity index (χ1) is 17.2. The first-order valence-corrected chi connectivity index (χ1v) is 13.4. The molecule has 6 rings (SSSR count). The third-order valence-electron chi connectivity index (χ3n) is 8.16. The van der Waals surface area contributed by atoms with E-state index in [-0.39, 0.29) is 35.2 Å². The molecule has 3 unspecified atom stereocenters. The van der Waals surface area contributed by atoms with Crippen LogP contribution in [0.2, 0.25) is 0 Å². The molecule has 2 saturated heterocycles. The second-order valence-corrected chi connectivity index (χ2v) is 12.2. The fourth-order valence-corrected chi connectivity index (χ4v) is 7.19. The number of morpholine rings is 1. The molecular weight excluding hydrogens is 474 g/mol. The Hall–Kier alpha value is -2.75. The minimum Gasteiger partial charge on any atom is -0.376 e. The van der Waals surface area contributed by atoms with Gasteiger partial charge in [-0.05, 0) is 30.5 Å². The zero-order valence-electron chi connectivity index (χ0n) is 21.5. The van der Waals surface area contributed by atoms with Crippen molar-refractivity contribution in [1.82, 2.24) is 19.8 Å². The van der Waals surface area contributed by atoms with Crippen LogP contribution in [-0.2, 0) is 27.4 Å². The number of hydrogen-bond acceptors (Lipinski definition) is 7. The number of pyridine rings is 1. The number of aromatic nitrogens is 2. The Morgan fingerprint density at radius 3 is 2.64 bits per heavy atom. The van der Waals surface area contributed by atoms with Gasteiger partial charge in [0.1, 0.15) is 0 Å². The molecule has 5 heterocycles. The van der Waals surface area contributed by atoms with Gasteiger partial charge in [-0.2, -0.15) is 0 Å². The highest BCUT2D eigenvalue weighted by Gasteiger charge is 2.72. The third kappa shape index (κ3) is 3.59. The standard InChI is InChI=1S/C27H33N5O3S/c1-15-20(30(4)5)11-21(31(15)13-16-12-28-8-9-35-16)18-6-7-29-19-10-17(36-24(18)19)14-32-25(33)22-23(26(32)34)27(22,2)3/h6-7,10-11,16,22-23,28H,8-9,12-14H2,1-5H3. The zero-order chi connectivity index (χ0) is 25.4. The average Bonchev–Trinajstić information content (AvgIpc) is 3.14. The molecule has 3 fully saturated rings. The lowest BCUT2D eigenvalue weighted by Gasteiger charge is -2.26. The van der Waals surface area contributed by atoms with Crippen LogP contribution in [-0.4, -0.2) is 66.2 Å². The topological polar surface area (TPSA) is 79.7 Å². The van der Waals surface area contributed by atoms with E-state index < -0.39 is 0 Å². The Bertz CT molecular complexity index is 1340. The number of likely N-dealkylation sites (tertiary alicyclic amines) is 1. The summed E-state index contributed by atoms with van der Waals surface area (Å²) in [6.07, 6.45) is 1.95. The second-order valence-electron chi connectivity index (χ2n) is 11.0. The number of hydrogen-bond donors (Lipinski definition) is 1. The van der Waals surface area contributed by atoms with Gasteiger partial charge in [0.25, 0.3) is 0 Å². The van der Waals surface area contributed by atoms with E-state index in [2.05, 4.69) is 52.9 Å². The maximum absolute atomic E-state index is 12.9. The number of piperidine rings is 1. The summed E-state index contributed by atoms with van der Waals surface area (Å²) in [5, 5.41) is 3.43. The lowest BCUT2D eigenvalue weighted by molar-refractivity contribution is -0.143. The fraction of sp³-hybridized carbons (Fsp3) is 0.519. The Labute approximate surface area is 215 Å². The van der Waals surface area contributed by atoms with Crippen molar-refractivity contribution in [2.45, 2.75) is 40.0 Å². The molecule has 0 bridgehead atoms. The Morgan fingerprint density at radius 2 is 1.97 bits per heavy atom. The number of carbonyl (C=O) groups is 2. The van der Waals surface area contributed by atoms with Crippen LogP contribution in [0.15, 0.2) is 24.4 Å². The fourth-order valence-electron chi connectivity index (χ4n) is 6.07. The summed E-state index contributed by atoms with van der Waals surface area (Å²) < 4.78 is 9.46. The molecule has 0 aromatic carbocycles. The number of thiophene rings is 1. The average molecular weight is 508 g/mol. The number of ether oxygens (including phenoxy) is 1. The molecule has 0 radical (unpaired) electrons. The Kier molecular flexibility index (Phi) is 5.51. The number of nitrogens with zero attached hydrogens (tertiary/aromatic N) is 4. The molecule has 36 heavy (non-hydrogen) atoms. The number of anilines is 1. The lowest BCUT2D eigenvalue weighted by Crippen LogP contribution is -2.41. The Morgan fingerprint density at radius 1 is 1.22 bits per heavy atom. The van der Waals surface area contributed by atoms with Gasteiger partial charge in [-0.15, -0.1) is 11.3 Å². The molecule has 2 amide bonds. The lowest BCUT2D eigenvalue weighted by atomic mass is 10.1. The van der Waals surface area contributed by atoms with E-state index in [1.54, 1.807) is 11.3 Å². The summed E-state index contributed by atoms with van der Waals surface area (Å²) in [6, 6.07) is 6.33. The van der Waals surface area contributed by atoms with Crippen molar-refractivity contribution in [3.8, 4) is 11.3 Å². The minimum atomic E-state index is -0.190. The largest absolute Gasteiger partial charge is 0.376 e. The summed E-state index contributed by atoms with van der Waals surface area (Å²) >= 11 is 1.62. The van der Waals surface area contributed by atoms with E-state index >= 15 is 0 Å². The molecule has 190 valence electrons. The summed E-state index contributed by atoms with van der Waals surface area (Å²) in [4.78, 5) is 35.0. The molecule has 1 aliphatic carbocycles. The van der Waals surface area contributed by atoms with E-state index in [1.165, 1.54) is 16.3 Å². The SMILES string of the molecule is Cc1c(N(C)C)cc(-c2ccnc3cc(CN4C(=O)C5C(C4=O)C5(C)C)sc23)n1CC1CNCCO1. The van der Waals surface area contributed by atoms with Crippen molar-refractivity contribution in [2.75, 3.05) is 38.7 Å². The Balaban J connectivity index is 1.36. The van der Waals surface area contributed by atoms with Crippen LogP contribution in [0.3, 0.4) is 0 Å². The van der Waals surface area contributed by atoms with E-state index in [9.17, 15) is 9.59 Å².